The van der Waals surface area contributed by atoms with E-state index in [-0.39, 0.29) is 6.42 Å². The molecule has 0 aromatic rings. The molecular weight excluding hydrogens is 320 g/mol. The number of cyclic esters (lactones) is 1. The average Bonchev–Trinajstić information content (AvgIpc) is 2.46. The Hall–Kier alpha value is -2.19. The van der Waals surface area contributed by atoms with Crippen LogP contribution in [0.25, 0.3) is 0 Å². The maximum atomic E-state index is 11.2. The molecule has 5 atom stereocenters. The number of aliphatic hydroxyl groups excluding tert-OH is 2. The summed E-state index contributed by atoms with van der Waals surface area (Å²) in [6.45, 7) is 3.94. The minimum absolute atomic E-state index is 0.0306. The largest absolute Gasteiger partial charge is 0.460 e. The van der Waals surface area contributed by atoms with Gasteiger partial charge in [0.1, 0.15) is 24.4 Å². The maximum Gasteiger partial charge on any atom is 0.331 e. The van der Waals surface area contributed by atoms with E-state index in [1.54, 1.807) is 0 Å². The fourth-order valence-corrected chi connectivity index (χ4v) is 2.07. The third kappa shape index (κ3) is 6.93. The fraction of sp³-hybridized carbons (Fsp3) is 0.562. The van der Waals surface area contributed by atoms with Gasteiger partial charge in [0.15, 0.2) is 0 Å². The van der Waals surface area contributed by atoms with Gasteiger partial charge in [-0.15, -0.1) is 0 Å². The van der Waals surface area contributed by atoms with E-state index in [4.69, 9.17) is 14.2 Å². The lowest BCUT2D eigenvalue weighted by Gasteiger charge is -2.24. The molecule has 0 spiro atoms. The Kier molecular flexibility index (Phi) is 7.60. The highest BCUT2D eigenvalue weighted by Crippen LogP contribution is 2.14. The van der Waals surface area contributed by atoms with Crippen molar-refractivity contribution in [3.8, 4) is 0 Å². The number of carbonyl (C=O) groups excluding carboxylic acids is 3. The summed E-state index contributed by atoms with van der Waals surface area (Å²) in [5.41, 5.74) is 0. The number of esters is 3. The van der Waals surface area contributed by atoms with Gasteiger partial charge < -0.3 is 24.4 Å². The second-order valence-electron chi connectivity index (χ2n) is 5.40. The molecule has 0 saturated heterocycles. The second-order valence-corrected chi connectivity index (χ2v) is 5.40. The number of rotatable bonds is 7. The summed E-state index contributed by atoms with van der Waals surface area (Å²) in [5.74, 6) is -1.70. The van der Waals surface area contributed by atoms with E-state index in [9.17, 15) is 24.6 Å². The normalized spacial score (nSPS) is 24.1. The summed E-state index contributed by atoms with van der Waals surface area (Å²) in [4.78, 5) is 33.3. The fourth-order valence-electron chi connectivity index (χ4n) is 2.07. The van der Waals surface area contributed by atoms with Crippen LogP contribution in [0.5, 0.6) is 0 Å². The first kappa shape index (κ1) is 19.9. The molecule has 0 radical (unpaired) electrons. The van der Waals surface area contributed by atoms with Crippen LogP contribution in [0.3, 0.4) is 0 Å². The van der Waals surface area contributed by atoms with Gasteiger partial charge >= 0.3 is 17.9 Å². The molecule has 1 aliphatic rings. The van der Waals surface area contributed by atoms with Crippen LogP contribution in [0.1, 0.15) is 27.2 Å². The standard InChI is InChI=1S/C16H22O8/c1-9(22-10(2)17)14(20)8-12(23-11(3)18)4-6-15-13(19)5-7-16(21)24-15/h4-7,9,12-15,19-20H,8H2,1-3H3. The number of hydrogen-bond donors (Lipinski definition) is 2. The smallest absolute Gasteiger partial charge is 0.331 e. The van der Waals surface area contributed by atoms with Crippen molar-refractivity contribution in [2.45, 2.75) is 57.7 Å². The Bertz CT molecular complexity index is 524. The van der Waals surface area contributed by atoms with Crippen molar-refractivity contribution in [2.75, 3.05) is 0 Å². The van der Waals surface area contributed by atoms with E-state index in [1.165, 1.54) is 39.0 Å². The summed E-state index contributed by atoms with van der Waals surface area (Å²) < 4.78 is 14.9. The Morgan fingerprint density at radius 2 is 1.96 bits per heavy atom. The minimum atomic E-state index is -1.07. The highest BCUT2D eigenvalue weighted by Gasteiger charge is 2.25. The molecule has 1 heterocycles. The predicted octanol–water partition coefficient (Wildman–Crippen LogP) is 0.0194. The van der Waals surface area contributed by atoms with E-state index < -0.39 is 48.4 Å². The Morgan fingerprint density at radius 1 is 1.33 bits per heavy atom. The van der Waals surface area contributed by atoms with Crippen LogP contribution >= 0.6 is 0 Å². The third-order valence-electron chi connectivity index (χ3n) is 3.22. The van der Waals surface area contributed by atoms with Crippen LogP contribution in [0.15, 0.2) is 24.3 Å². The van der Waals surface area contributed by atoms with E-state index in [2.05, 4.69) is 0 Å². The van der Waals surface area contributed by atoms with E-state index >= 15 is 0 Å². The van der Waals surface area contributed by atoms with Crippen molar-refractivity contribution in [1.29, 1.82) is 0 Å². The predicted molar refractivity (Wildman–Crippen MR) is 81.6 cm³/mol. The molecule has 0 aromatic carbocycles. The lowest BCUT2D eigenvalue weighted by molar-refractivity contribution is -0.155. The van der Waals surface area contributed by atoms with Crippen molar-refractivity contribution in [2.24, 2.45) is 0 Å². The van der Waals surface area contributed by atoms with Crippen LogP contribution in [0.2, 0.25) is 0 Å². The SMILES string of the molecule is CC(=O)OC(C=CC1OC(=O)C=CC1O)CC(O)C(C)OC(C)=O. The molecule has 8 heteroatoms. The number of ether oxygens (including phenoxy) is 3. The van der Waals surface area contributed by atoms with Crippen LogP contribution in [0, 0.1) is 0 Å². The first-order valence-corrected chi connectivity index (χ1v) is 7.46. The van der Waals surface area contributed by atoms with Gasteiger partial charge in [-0.2, -0.15) is 0 Å². The molecule has 1 rings (SSSR count). The van der Waals surface area contributed by atoms with Gasteiger partial charge in [0.25, 0.3) is 0 Å². The first-order valence-electron chi connectivity index (χ1n) is 7.46. The zero-order valence-corrected chi connectivity index (χ0v) is 13.7. The quantitative estimate of drug-likeness (QED) is 0.377. The molecule has 24 heavy (non-hydrogen) atoms. The van der Waals surface area contributed by atoms with Crippen molar-refractivity contribution in [1.82, 2.24) is 0 Å². The second kappa shape index (κ2) is 9.19. The van der Waals surface area contributed by atoms with Gasteiger partial charge in [-0.1, -0.05) is 0 Å². The highest BCUT2D eigenvalue weighted by atomic mass is 16.6. The maximum absolute atomic E-state index is 11.2. The monoisotopic (exact) mass is 342 g/mol. The zero-order valence-electron chi connectivity index (χ0n) is 13.7. The molecule has 2 N–H and O–H groups in total. The topological polar surface area (TPSA) is 119 Å². The van der Waals surface area contributed by atoms with Crippen molar-refractivity contribution in [3.05, 3.63) is 24.3 Å². The molecule has 0 fully saturated rings. The van der Waals surface area contributed by atoms with Gasteiger partial charge in [-0.05, 0) is 25.2 Å². The van der Waals surface area contributed by atoms with Crippen LogP contribution in [0.4, 0.5) is 0 Å². The summed E-state index contributed by atoms with van der Waals surface area (Å²) >= 11 is 0. The van der Waals surface area contributed by atoms with Gasteiger partial charge in [0, 0.05) is 26.3 Å². The Balaban J connectivity index is 2.72. The van der Waals surface area contributed by atoms with Gasteiger partial charge in [-0.25, -0.2) is 4.79 Å². The van der Waals surface area contributed by atoms with Gasteiger partial charge in [0.2, 0.25) is 0 Å². The number of carbonyl (C=O) groups is 3. The highest BCUT2D eigenvalue weighted by molar-refractivity contribution is 5.83. The summed E-state index contributed by atoms with van der Waals surface area (Å²) in [5, 5.41) is 19.8. The summed E-state index contributed by atoms with van der Waals surface area (Å²) in [6, 6.07) is 0. The Labute approximate surface area is 139 Å². The van der Waals surface area contributed by atoms with Crippen molar-refractivity contribution >= 4 is 17.9 Å². The molecular formula is C16H22O8. The summed E-state index contributed by atoms with van der Waals surface area (Å²) in [6.07, 6.45) is 0.544. The van der Waals surface area contributed by atoms with Crippen molar-refractivity contribution in [3.63, 3.8) is 0 Å². The molecule has 1 aliphatic heterocycles. The number of aliphatic hydroxyl groups is 2. The minimum Gasteiger partial charge on any atom is -0.460 e. The van der Waals surface area contributed by atoms with E-state index in [0.29, 0.717) is 0 Å². The lowest BCUT2D eigenvalue weighted by atomic mass is 10.0. The average molecular weight is 342 g/mol. The molecule has 134 valence electrons. The zero-order chi connectivity index (χ0) is 18.3. The summed E-state index contributed by atoms with van der Waals surface area (Å²) in [7, 11) is 0. The van der Waals surface area contributed by atoms with Gasteiger partial charge in [-0.3, -0.25) is 9.59 Å². The number of hydrogen-bond acceptors (Lipinski definition) is 8. The first-order chi connectivity index (χ1) is 11.2. The van der Waals surface area contributed by atoms with Crippen LogP contribution in [-0.2, 0) is 28.6 Å². The van der Waals surface area contributed by atoms with Crippen molar-refractivity contribution < 1.29 is 38.8 Å². The molecule has 0 bridgehead atoms. The van der Waals surface area contributed by atoms with E-state index in [0.717, 1.165) is 6.08 Å². The van der Waals surface area contributed by atoms with Crippen LogP contribution in [-0.4, -0.2) is 58.6 Å². The molecule has 0 saturated carbocycles. The molecule has 0 amide bonds. The molecule has 0 aromatic heterocycles. The molecule has 5 unspecified atom stereocenters. The Morgan fingerprint density at radius 3 is 2.54 bits per heavy atom. The molecule has 0 aliphatic carbocycles. The molecule has 8 nitrogen and oxygen atoms in total. The lowest BCUT2D eigenvalue weighted by Crippen LogP contribution is -2.33. The van der Waals surface area contributed by atoms with E-state index in [1.807, 2.05) is 0 Å². The third-order valence-corrected chi connectivity index (χ3v) is 3.22. The van der Waals surface area contributed by atoms with Gasteiger partial charge in [0.05, 0.1) is 6.10 Å². The van der Waals surface area contributed by atoms with Crippen LogP contribution < -0.4 is 0 Å².